The lowest BCUT2D eigenvalue weighted by molar-refractivity contribution is 0.243. The third-order valence-corrected chi connectivity index (χ3v) is 2.55. The Labute approximate surface area is 98.5 Å². The second-order valence-electron chi connectivity index (χ2n) is 3.81. The summed E-state index contributed by atoms with van der Waals surface area (Å²) in [6.45, 7) is 2.67. The van der Waals surface area contributed by atoms with Gasteiger partial charge in [-0.15, -0.1) is 0 Å². The summed E-state index contributed by atoms with van der Waals surface area (Å²) >= 11 is 0. The molecule has 0 bridgehead atoms. The topological polar surface area (TPSA) is 46.9 Å². The van der Waals surface area contributed by atoms with Crippen molar-refractivity contribution in [1.82, 2.24) is 14.9 Å². The minimum Gasteiger partial charge on any atom is -0.337 e. The molecule has 2 rings (SSSR count). The Hall–Kier alpha value is -1.91. The van der Waals surface area contributed by atoms with E-state index in [0.29, 0.717) is 12.1 Å². The molecule has 0 spiro atoms. The summed E-state index contributed by atoms with van der Waals surface area (Å²) in [5.41, 5.74) is 0.706. The number of halogens is 1. The van der Waals surface area contributed by atoms with E-state index in [9.17, 15) is 9.18 Å². The summed E-state index contributed by atoms with van der Waals surface area (Å²) in [6, 6.07) is 4.29. The number of hydrogen-bond acceptors (Lipinski definition) is 2. The quantitative estimate of drug-likeness (QED) is 0.831. The number of imidazole rings is 1. The summed E-state index contributed by atoms with van der Waals surface area (Å²) in [5.74, 6) is -0.414. The predicted molar refractivity (Wildman–Crippen MR) is 63.4 cm³/mol. The molecule has 1 aromatic carbocycles. The summed E-state index contributed by atoms with van der Waals surface area (Å²) in [4.78, 5) is 15.7. The Morgan fingerprint density at radius 3 is 3.12 bits per heavy atom. The van der Waals surface area contributed by atoms with Gasteiger partial charge in [-0.2, -0.15) is 0 Å². The van der Waals surface area contributed by atoms with Gasteiger partial charge in [0.15, 0.2) is 5.82 Å². The molecule has 0 aliphatic rings. The zero-order valence-corrected chi connectivity index (χ0v) is 9.61. The van der Waals surface area contributed by atoms with Crippen LogP contribution in [-0.4, -0.2) is 22.1 Å². The average Bonchev–Trinajstić information content (AvgIpc) is 2.74. The van der Waals surface area contributed by atoms with E-state index in [4.69, 9.17) is 0 Å². The molecule has 17 heavy (non-hydrogen) atoms. The first-order chi connectivity index (χ1) is 8.24. The highest BCUT2D eigenvalue weighted by atomic mass is 19.1. The van der Waals surface area contributed by atoms with Gasteiger partial charge in [0.25, 0.3) is 0 Å². The Bertz CT molecular complexity index is 536. The standard InChI is InChI=1S/C12H14FN3O/c1-2-3-7-14-12(17)16-8-15-11-9(13)5-4-6-10(11)16/h4-6,8H,2-3,7H2,1H3,(H,14,17). The van der Waals surface area contributed by atoms with Gasteiger partial charge in [-0.25, -0.2) is 14.2 Å². The zero-order valence-electron chi connectivity index (χ0n) is 9.61. The first-order valence-corrected chi connectivity index (χ1v) is 5.64. The van der Waals surface area contributed by atoms with Crippen LogP contribution in [0.1, 0.15) is 19.8 Å². The number of fused-ring (bicyclic) bond motifs is 1. The Morgan fingerprint density at radius 2 is 2.35 bits per heavy atom. The Morgan fingerprint density at radius 1 is 1.53 bits per heavy atom. The molecule has 0 radical (unpaired) electrons. The molecule has 2 aromatic rings. The largest absolute Gasteiger partial charge is 0.337 e. The van der Waals surface area contributed by atoms with Crippen LogP contribution in [0.2, 0.25) is 0 Å². The van der Waals surface area contributed by atoms with Gasteiger partial charge in [0.05, 0.1) is 5.52 Å². The molecule has 0 fully saturated rings. The fourth-order valence-electron chi connectivity index (χ4n) is 1.62. The monoisotopic (exact) mass is 235 g/mol. The van der Waals surface area contributed by atoms with Crippen molar-refractivity contribution in [1.29, 1.82) is 0 Å². The molecule has 0 unspecified atom stereocenters. The molecule has 0 saturated heterocycles. The van der Waals surface area contributed by atoms with Gasteiger partial charge in [-0.05, 0) is 18.6 Å². The second kappa shape index (κ2) is 4.95. The smallest absolute Gasteiger partial charge is 0.327 e. The average molecular weight is 235 g/mol. The number of amides is 1. The SMILES string of the molecule is CCCCNC(=O)n1cnc2c(F)cccc21. The van der Waals surface area contributed by atoms with Crippen molar-refractivity contribution in [3.8, 4) is 0 Å². The van der Waals surface area contributed by atoms with Gasteiger partial charge < -0.3 is 5.32 Å². The number of benzene rings is 1. The molecule has 5 heteroatoms. The molecule has 0 aliphatic heterocycles. The van der Waals surface area contributed by atoms with E-state index in [1.165, 1.54) is 17.0 Å². The Balaban J connectivity index is 2.24. The van der Waals surface area contributed by atoms with Gasteiger partial charge in [-0.3, -0.25) is 4.57 Å². The maximum absolute atomic E-state index is 13.4. The number of carbonyl (C=O) groups excluding carboxylic acids is 1. The molecular weight excluding hydrogens is 221 g/mol. The normalized spacial score (nSPS) is 10.7. The highest BCUT2D eigenvalue weighted by Gasteiger charge is 2.11. The zero-order chi connectivity index (χ0) is 12.3. The molecule has 0 aliphatic carbocycles. The van der Waals surface area contributed by atoms with Crippen LogP contribution < -0.4 is 5.32 Å². The van der Waals surface area contributed by atoms with Crippen LogP contribution in [0.3, 0.4) is 0 Å². The van der Waals surface area contributed by atoms with Crippen LogP contribution in [0.25, 0.3) is 11.0 Å². The maximum atomic E-state index is 13.4. The number of nitrogens with one attached hydrogen (secondary N) is 1. The highest BCUT2D eigenvalue weighted by molar-refractivity contribution is 5.89. The third kappa shape index (κ3) is 2.27. The molecular formula is C12H14FN3O. The second-order valence-corrected chi connectivity index (χ2v) is 3.81. The van der Waals surface area contributed by atoms with Crippen LogP contribution in [-0.2, 0) is 0 Å². The van der Waals surface area contributed by atoms with E-state index < -0.39 is 5.82 Å². The van der Waals surface area contributed by atoms with Gasteiger partial charge in [0.1, 0.15) is 11.8 Å². The van der Waals surface area contributed by atoms with Gasteiger partial charge in [-0.1, -0.05) is 19.4 Å². The van der Waals surface area contributed by atoms with Gasteiger partial charge in [0.2, 0.25) is 0 Å². The predicted octanol–water partition coefficient (Wildman–Crippen LogP) is 2.53. The molecule has 1 heterocycles. The summed E-state index contributed by atoms with van der Waals surface area (Å²) < 4.78 is 14.7. The summed E-state index contributed by atoms with van der Waals surface area (Å²) in [7, 11) is 0. The summed E-state index contributed by atoms with van der Waals surface area (Å²) in [5, 5.41) is 2.76. The van der Waals surface area contributed by atoms with E-state index in [1.54, 1.807) is 12.1 Å². The van der Waals surface area contributed by atoms with Crippen molar-refractivity contribution in [2.45, 2.75) is 19.8 Å². The van der Waals surface area contributed by atoms with Crippen molar-refractivity contribution in [2.24, 2.45) is 0 Å². The van der Waals surface area contributed by atoms with Crippen molar-refractivity contribution in [3.05, 3.63) is 30.3 Å². The molecule has 1 aromatic heterocycles. The van der Waals surface area contributed by atoms with Crippen molar-refractivity contribution < 1.29 is 9.18 Å². The lowest BCUT2D eigenvalue weighted by atomic mass is 10.3. The maximum Gasteiger partial charge on any atom is 0.327 e. The molecule has 1 amide bonds. The van der Waals surface area contributed by atoms with Crippen LogP contribution in [0, 0.1) is 5.82 Å². The van der Waals surface area contributed by atoms with Crippen molar-refractivity contribution >= 4 is 17.1 Å². The van der Waals surface area contributed by atoms with E-state index in [-0.39, 0.29) is 11.5 Å². The molecule has 1 N–H and O–H groups in total. The molecule has 0 atom stereocenters. The van der Waals surface area contributed by atoms with Crippen LogP contribution in [0.15, 0.2) is 24.5 Å². The van der Waals surface area contributed by atoms with Gasteiger partial charge in [0, 0.05) is 6.54 Å². The number of para-hydroxylation sites is 1. The number of nitrogens with zero attached hydrogens (tertiary/aromatic N) is 2. The minimum absolute atomic E-state index is 0.221. The van der Waals surface area contributed by atoms with E-state index in [0.717, 1.165) is 12.8 Å². The van der Waals surface area contributed by atoms with Crippen LogP contribution >= 0.6 is 0 Å². The van der Waals surface area contributed by atoms with E-state index >= 15 is 0 Å². The van der Waals surface area contributed by atoms with Crippen LogP contribution in [0.5, 0.6) is 0 Å². The minimum atomic E-state index is -0.414. The van der Waals surface area contributed by atoms with Crippen molar-refractivity contribution in [3.63, 3.8) is 0 Å². The Kier molecular flexibility index (Phi) is 3.37. The number of rotatable bonds is 3. The number of hydrogen-bond donors (Lipinski definition) is 1. The first kappa shape index (κ1) is 11.6. The molecule has 4 nitrogen and oxygen atoms in total. The van der Waals surface area contributed by atoms with Crippen LogP contribution in [0.4, 0.5) is 9.18 Å². The fourth-order valence-corrected chi connectivity index (χ4v) is 1.62. The lowest BCUT2D eigenvalue weighted by Crippen LogP contribution is -2.28. The van der Waals surface area contributed by atoms with Gasteiger partial charge >= 0.3 is 6.03 Å². The van der Waals surface area contributed by atoms with Crippen molar-refractivity contribution in [2.75, 3.05) is 6.54 Å². The first-order valence-electron chi connectivity index (χ1n) is 5.64. The number of unbranched alkanes of at least 4 members (excludes halogenated alkanes) is 1. The molecule has 0 saturated carbocycles. The molecule has 90 valence electrons. The van der Waals surface area contributed by atoms with E-state index in [2.05, 4.69) is 10.3 Å². The fraction of sp³-hybridized carbons (Fsp3) is 0.333. The lowest BCUT2D eigenvalue weighted by Gasteiger charge is -2.05. The van der Waals surface area contributed by atoms with E-state index in [1.807, 2.05) is 6.92 Å². The number of carbonyl (C=O) groups is 1. The highest BCUT2D eigenvalue weighted by Crippen LogP contribution is 2.15. The summed E-state index contributed by atoms with van der Waals surface area (Å²) in [6.07, 6.45) is 3.28. The third-order valence-electron chi connectivity index (χ3n) is 2.55. The number of aromatic nitrogens is 2.